The number of nitro benzene ring substituents is 1. The van der Waals surface area contributed by atoms with Crippen LogP contribution < -0.4 is 15.0 Å². The predicted molar refractivity (Wildman–Crippen MR) is 146 cm³/mol. The maximum Gasteiger partial charge on any atom is 0.315 e. The van der Waals surface area contributed by atoms with E-state index in [1.807, 2.05) is 43.3 Å². The lowest BCUT2D eigenvalue weighted by Crippen LogP contribution is -2.22. The van der Waals surface area contributed by atoms with Crippen LogP contribution >= 0.6 is 15.9 Å². The number of fused-ring (bicyclic) bond motifs is 1. The van der Waals surface area contributed by atoms with Gasteiger partial charge in [0.15, 0.2) is 5.75 Å². The van der Waals surface area contributed by atoms with Crippen molar-refractivity contribution >= 4 is 38.7 Å². The van der Waals surface area contributed by atoms with E-state index in [1.165, 1.54) is 17.0 Å². The monoisotopic (exact) mass is 564 g/mol. The summed E-state index contributed by atoms with van der Waals surface area (Å²) in [6, 6.07) is 17.6. The zero-order chi connectivity index (χ0) is 26.4. The molecule has 0 aliphatic carbocycles. The number of aryl methyl sites for hydroxylation is 1. The van der Waals surface area contributed by atoms with Crippen molar-refractivity contribution in [3.05, 3.63) is 103 Å². The molecule has 1 aromatic heterocycles. The first-order valence-corrected chi connectivity index (χ1v) is 12.6. The third-order valence-corrected chi connectivity index (χ3v) is 5.94. The minimum Gasteiger partial charge on any atom is -0.490 e. The van der Waals surface area contributed by atoms with E-state index >= 15 is 0 Å². The van der Waals surface area contributed by atoms with Crippen LogP contribution in [0.2, 0.25) is 0 Å². The second kappa shape index (κ2) is 11.8. The second-order valence-electron chi connectivity index (χ2n) is 8.13. The number of nitro groups is 1. The lowest BCUT2D eigenvalue weighted by molar-refractivity contribution is -0.386. The Labute approximate surface area is 221 Å². The summed E-state index contributed by atoms with van der Waals surface area (Å²) < 4.78 is 13.5. The summed E-state index contributed by atoms with van der Waals surface area (Å²) in [4.78, 5) is 29.3. The molecule has 0 unspecified atom stereocenters. The third-order valence-electron chi connectivity index (χ3n) is 5.45. The molecule has 1 heterocycles. The van der Waals surface area contributed by atoms with Crippen LogP contribution in [0.4, 0.5) is 5.69 Å². The zero-order valence-corrected chi connectivity index (χ0v) is 22.0. The van der Waals surface area contributed by atoms with Crippen LogP contribution in [0.25, 0.3) is 10.9 Å². The molecule has 190 valence electrons. The molecule has 0 saturated carbocycles. The Balaban J connectivity index is 1.77. The molecule has 9 nitrogen and oxygen atoms in total. The largest absolute Gasteiger partial charge is 0.490 e. The van der Waals surface area contributed by atoms with Gasteiger partial charge in [0.05, 0.1) is 28.6 Å². The highest BCUT2D eigenvalue weighted by atomic mass is 79.9. The van der Waals surface area contributed by atoms with Gasteiger partial charge < -0.3 is 9.47 Å². The van der Waals surface area contributed by atoms with Gasteiger partial charge in [-0.15, -0.1) is 0 Å². The Morgan fingerprint density at radius 2 is 1.89 bits per heavy atom. The minimum atomic E-state index is -0.524. The molecular formula is C27H25BrN4O5. The van der Waals surface area contributed by atoms with Gasteiger partial charge in [0.2, 0.25) is 5.75 Å². The van der Waals surface area contributed by atoms with E-state index < -0.39 is 4.92 Å². The number of nitrogens with zero attached hydrogens (tertiary/aromatic N) is 4. The molecular weight excluding hydrogens is 540 g/mol. The molecule has 0 atom stereocenters. The van der Waals surface area contributed by atoms with Gasteiger partial charge in [-0.05, 0) is 43.2 Å². The van der Waals surface area contributed by atoms with Crippen molar-refractivity contribution in [3.8, 4) is 11.5 Å². The van der Waals surface area contributed by atoms with Gasteiger partial charge >= 0.3 is 5.69 Å². The topological polar surface area (TPSA) is 109 Å². The predicted octanol–water partition coefficient (Wildman–Crippen LogP) is 5.88. The highest BCUT2D eigenvalue weighted by Crippen LogP contribution is 2.38. The van der Waals surface area contributed by atoms with E-state index in [0.717, 1.165) is 16.5 Å². The fraction of sp³-hybridized carbons (Fsp3) is 0.222. The van der Waals surface area contributed by atoms with Crippen molar-refractivity contribution in [2.75, 3.05) is 6.61 Å². The number of aromatic nitrogens is 2. The maximum absolute atomic E-state index is 13.3. The average molecular weight is 565 g/mol. The molecule has 37 heavy (non-hydrogen) atoms. The van der Waals surface area contributed by atoms with Crippen LogP contribution in [0.3, 0.4) is 0 Å². The average Bonchev–Trinajstić information content (AvgIpc) is 2.89. The molecule has 0 aliphatic heterocycles. The number of hydrogen-bond donors (Lipinski definition) is 0. The normalized spacial score (nSPS) is 11.2. The quantitative estimate of drug-likeness (QED) is 0.135. The van der Waals surface area contributed by atoms with Crippen molar-refractivity contribution in [2.45, 2.75) is 33.3 Å². The lowest BCUT2D eigenvalue weighted by Gasteiger charge is -2.13. The highest BCUT2D eigenvalue weighted by Gasteiger charge is 2.23. The fourth-order valence-electron chi connectivity index (χ4n) is 3.78. The number of halogens is 1. The van der Waals surface area contributed by atoms with E-state index in [2.05, 4.69) is 26.0 Å². The Kier molecular flexibility index (Phi) is 8.29. The number of hydrogen-bond acceptors (Lipinski definition) is 7. The van der Waals surface area contributed by atoms with E-state index in [4.69, 9.17) is 9.47 Å². The van der Waals surface area contributed by atoms with Gasteiger partial charge in [-0.25, -0.2) is 4.98 Å². The number of ether oxygens (including phenoxy) is 2. The maximum atomic E-state index is 13.3. The first kappa shape index (κ1) is 26.0. The molecule has 0 N–H and O–H groups in total. The summed E-state index contributed by atoms with van der Waals surface area (Å²) in [5, 5.41) is 16.7. The Bertz CT molecular complexity index is 1520. The molecule has 4 aromatic rings. The minimum absolute atomic E-state index is 0.0360. The molecule has 0 radical (unpaired) electrons. The van der Waals surface area contributed by atoms with E-state index in [9.17, 15) is 14.9 Å². The van der Waals surface area contributed by atoms with E-state index in [0.29, 0.717) is 28.7 Å². The summed E-state index contributed by atoms with van der Waals surface area (Å²) in [5.74, 6) is 0.755. The summed E-state index contributed by atoms with van der Waals surface area (Å²) >= 11 is 3.39. The van der Waals surface area contributed by atoms with Crippen LogP contribution in [-0.2, 0) is 13.0 Å². The molecule has 0 bridgehead atoms. The molecule has 4 rings (SSSR count). The van der Waals surface area contributed by atoms with Crippen molar-refractivity contribution in [2.24, 2.45) is 5.10 Å². The second-order valence-corrected chi connectivity index (χ2v) is 9.05. The summed E-state index contributed by atoms with van der Waals surface area (Å²) in [7, 11) is 0. The third kappa shape index (κ3) is 6.03. The summed E-state index contributed by atoms with van der Waals surface area (Å²) in [6.45, 7) is 4.19. The van der Waals surface area contributed by atoms with E-state index in [1.54, 1.807) is 25.1 Å². The van der Waals surface area contributed by atoms with E-state index in [-0.39, 0.29) is 36.0 Å². The molecule has 0 fully saturated rings. The van der Waals surface area contributed by atoms with Crippen LogP contribution in [0.5, 0.6) is 11.5 Å². The molecule has 0 aliphatic rings. The highest BCUT2D eigenvalue weighted by molar-refractivity contribution is 9.10. The Morgan fingerprint density at radius 3 is 2.59 bits per heavy atom. The summed E-state index contributed by atoms with van der Waals surface area (Å²) in [5.41, 5.74) is 1.24. The molecule has 0 saturated heterocycles. The van der Waals surface area contributed by atoms with Crippen molar-refractivity contribution in [1.82, 2.24) is 9.66 Å². The van der Waals surface area contributed by atoms with Gasteiger partial charge in [0.25, 0.3) is 5.56 Å². The standard InChI is InChI=1S/C27H25BrN4O5/c1-3-8-25-30-22-12-11-20(28)15-21(22)27(33)31(25)29-16-19-13-23(32(34)35)26(24(14-19)36-4-2)37-17-18-9-6-5-7-10-18/h5-7,9-16H,3-4,8,17H2,1-2H3. The molecule has 0 spiro atoms. The molecule has 3 aromatic carbocycles. The van der Waals surface area contributed by atoms with Gasteiger partial charge in [0.1, 0.15) is 12.4 Å². The van der Waals surface area contributed by atoms with Crippen LogP contribution in [-0.4, -0.2) is 27.4 Å². The summed E-state index contributed by atoms with van der Waals surface area (Å²) in [6.07, 6.45) is 2.69. The molecule has 10 heteroatoms. The SMILES string of the molecule is CCCc1nc2ccc(Br)cc2c(=O)n1N=Cc1cc(OCC)c(OCc2ccccc2)c([N+](=O)[O-])c1. The Hall–Kier alpha value is -4.05. The smallest absolute Gasteiger partial charge is 0.315 e. The first-order chi connectivity index (χ1) is 17.9. The van der Waals surface area contributed by atoms with Gasteiger partial charge in [-0.2, -0.15) is 9.78 Å². The van der Waals surface area contributed by atoms with Gasteiger partial charge in [-0.3, -0.25) is 14.9 Å². The number of benzene rings is 3. The molecule has 0 amide bonds. The van der Waals surface area contributed by atoms with Crippen LogP contribution in [0.1, 0.15) is 37.2 Å². The number of rotatable bonds is 10. The first-order valence-electron chi connectivity index (χ1n) is 11.8. The van der Waals surface area contributed by atoms with Gasteiger partial charge in [0, 0.05) is 22.5 Å². The van der Waals surface area contributed by atoms with Crippen molar-refractivity contribution in [1.29, 1.82) is 0 Å². The van der Waals surface area contributed by atoms with Crippen molar-refractivity contribution < 1.29 is 14.4 Å². The van der Waals surface area contributed by atoms with Crippen LogP contribution in [0.15, 0.2) is 75.0 Å². The van der Waals surface area contributed by atoms with Crippen LogP contribution in [0, 0.1) is 10.1 Å². The van der Waals surface area contributed by atoms with Gasteiger partial charge in [-0.1, -0.05) is 53.2 Å². The Morgan fingerprint density at radius 1 is 1.11 bits per heavy atom. The zero-order valence-electron chi connectivity index (χ0n) is 20.4. The lowest BCUT2D eigenvalue weighted by atomic mass is 10.1. The van der Waals surface area contributed by atoms with Crippen molar-refractivity contribution in [3.63, 3.8) is 0 Å². The fourth-order valence-corrected chi connectivity index (χ4v) is 4.14.